The molecule has 0 unspecified atom stereocenters. The van der Waals surface area contributed by atoms with Crippen LogP contribution in [0.2, 0.25) is 0 Å². The highest BCUT2D eigenvalue weighted by atomic mass is 16.5. The maximum absolute atomic E-state index is 12.5. The Bertz CT molecular complexity index is 894. The highest BCUT2D eigenvalue weighted by Crippen LogP contribution is 2.30. The van der Waals surface area contributed by atoms with Crippen LogP contribution >= 0.6 is 0 Å². The van der Waals surface area contributed by atoms with Gasteiger partial charge < -0.3 is 15.4 Å². The van der Waals surface area contributed by atoms with E-state index in [4.69, 9.17) is 8.85 Å². The first-order chi connectivity index (χ1) is 13.7. The summed E-state index contributed by atoms with van der Waals surface area (Å²) in [5.74, 6) is 0.445. The van der Waals surface area contributed by atoms with Gasteiger partial charge in [-0.1, -0.05) is 19.0 Å². The van der Waals surface area contributed by atoms with Crippen LogP contribution in [0.1, 0.15) is 46.1 Å². The summed E-state index contributed by atoms with van der Waals surface area (Å²) in [6, 6.07) is 8.98. The van der Waals surface area contributed by atoms with Crippen LogP contribution in [0, 0.1) is 5.92 Å². The molecule has 2 aromatic rings. The maximum Gasteiger partial charge on any atom is 0.228 e. The number of amides is 1. The molecule has 26 heavy (non-hydrogen) atoms. The smallest absolute Gasteiger partial charge is 0.228 e. The number of rotatable bonds is 8. The van der Waals surface area contributed by atoms with Gasteiger partial charge in [0.15, 0.2) is 5.78 Å². The lowest BCUT2D eigenvalue weighted by Crippen LogP contribution is -2.15. The summed E-state index contributed by atoms with van der Waals surface area (Å²) in [6.45, 7) is -1.97. The maximum atomic E-state index is 12.5. The second kappa shape index (κ2) is 7.99. The Morgan fingerprint density at radius 2 is 2.08 bits per heavy atom. The minimum absolute atomic E-state index is 0.0179. The molecule has 1 fully saturated rings. The predicted octanol–water partition coefficient (Wildman–Crippen LogP) is 3.64. The fourth-order valence-electron chi connectivity index (χ4n) is 2.50. The van der Waals surface area contributed by atoms with Crippen molar-refractivity contribution in [3.63, 3.8) is 0 Å². The molecule has 6 heteroatoms. The van der Waals surface area contributed by atoms with Gasteiger partial charge in [-0.3, -0.25) is 9.59 Å². The number of benzene rings is 1. The van der Waals surface area contributed by atoms with Crippen LogP contribution in [0.25, 0.3) is 0 Å². The van der Waals surface area contributed by atoms with E-state index in [2.05, 4.69) is 15.6 Å². The quantitative estimate of drug-likeness (QED) is 0.706. The van der Waals surface area contributed by atoms with E-state index in [0.717, 1.165) is 24.2 Å². The topological polar surface area (TPSA) is 80.3 Å². The number of hydrogen-bond donors (Lipinski definition) is 2. The molecule has 0 saturated heterocycles. The van der Waals surface area contributed by atoms with Gasteiger partial charge >= 0.3 is 0 Å². The minimum atomic E-state index is -2.37. The molecule has 1 heterocycles. The molecule has 3 rings (SSSR count). The van der Waals surface area contributed by atoms with E-state index in [1.54, 1.807) is 13.2 Å². The molecule has 0 bridgehead atoms. The van der Waals surface area contributed by atoms with E-state index in [-0.39, 0.29) is 17.4 Å². The van der Waals surface area contributed by atoms with Crippen LogP contribution in [-0.4, -0.2) is 23.8 Å². The highest BCUT2D eigenvalue weighted by molar-refractivity contribution is 6.02. The van der Waals surface area contributed by atoms with Crippen molar-refractivity contribution in [1.29, 1.82) is 0 Å². The van der Waals surface area contributed by atoms with Gasteiger partial charge in [0, 0.05) is 35.3 Å². The lowest BCUT2D eigenvalue weighted by atomic mass is 10.1. The Balaban J connectivity index is 1.80. The Labute approximate surface area is 157 Å². The lowest BCUT2D eigenvalue weighted by molar-refractivity contribution is -0.117. The minimum Gasteiger partial charge on any atom is -0.497 e. The second-order valence-corrected chi connectivity index (χ2v) is 6.18. The van der Waals surface area contributed by atoms with Crippen molar-refractivity contribution in [2.45, 2.75) is 32.7 Å². The normalized spacial score (nSPS) is 15.3. The number of carbonyl (C=O) groups is 2. The number of nitrogens with one attached hydrogen (secondary N) is 2. The van der Waals surface area contributed by atoms with Crippen LogP contribution < -0.4 is 15.4 Å². The number of methoxy groups -OCH3 is 1. The molecule has 1 amide bonds. The first-order valence-corrected chi connectivity index (χ1v) is 8.46. The predicted molar refractivity (Wildman–Crippen MR) is 101 cm³/mol. The van der Waals surface area contributed by atoms with Gasteiger partial charge in [0.25, 0.3) is 0 Å². The van der Waals surface area contributed by atoms with Gasteiger partial charge in [0.1, 0.15) is 11.6 Å². The number of pyridine rings is 1. The molecule has 136 valence electrons. The lowest BCUT2D eigenvalue weighted by Gasteiger charge is -2.13. The molecule has 0 spiro atoms. The summed E-state index contributed by atoms with van der Waals surface area (Å²) in [6.07, 6.45) is 2.46. The standard InChI is InChI=1S/C20H23N3O3/c1-3-18(24)16-12-22-19(23-20(25)14-6-7-14)10-17(16)21-11-13-4-8-15(26-2)9-5-13/h4-5,8-10,12,14H,3,6-7,11H2,1-2H3,(H2,21,22,23,25)/i1D3. The Morgan fingerprint density at radius 1 is 1.31 bits per heavy atom. The van der Waals surface area contributed by atoms with Crippen LogP contribution in [0.3, 0.4) is 0 Å². The molecule has 1 aromatic heterocycles. The molecule has 1 aromatic carbocycles. The van der Waals surface area contributed by atoms with Crippen LogP contribution in [-0.2, 0) is 11.3 Å². The number of nitrogens with zero attached hydrogens (tertiary/aromatic N) is 1. The number of anilines is 2. The molecule has 1 saturated carbocycles. The number of aromatic nitrogens is 1. The summed E-state index contributed by atoms with van der Waals surface area (Å²) in [7, 11) is 1.59. The Morgan fingerprint density at radius 3 is 2.73 bits per heavy atom. The first kappa shape index (κ1) is 14.3. The van der Waals surface area contributed by atoms with E-state index < -0.39 is 19.1 Å². The van der Waals surface area contributed by atoms with Gasteiger partial charge in [-0.2, -0.15) is 0 Å². The molecule has 0 aliphatic heterocycles. The molecule has 2 N–H and O–H groups in total. The third kappa shape index (κ3) is 4.39. The molecular formula is C20H23N3O3. The molecular weight excluding hydrogens is 330 g/mol. The zero-order chi connectivity index (χ0) is 21.0. The van der Waals surface area contributed by atoms with Crippen molar-refractivity contribution >= 4 is 23.2 Å². The summed E-state index contributed by atoms with van der Waals surface area (Å²) < 4.78 is 27.2. The number of ether oxygens (including phenoxy) is 1. The van der Waals surface area contributed by atoms with Crippen LogP contribution in [0.4, 0.5) is 11.5 Å². The van der Waals surface area contributed by atoms with Crippen molar-refractivity contribution < 1.29 is 18.4 Å². The molecule has 0 radical (unpaired) electrons. The average Bonchev–Trinajstić information content (AvgIpc) is 3.51. The fourth-order valence-corrected chi connectivity index (χ4v) is 2.50. The zero-order valence-electron chi connectivity index (χ0n) is 17.5. The largest absolute Gasteiger partial charge is 0.497 e. The van der Waals surface area contributed by atoms with Gasteiger partial charge in [-0.15, -0.1) is 0 Å². The summed E-state index contributed by atoms with van der Waals surface area (Å²) >= 11 is 0. The van der Waals surface area contributed by atoms with Crippen LogP contribution in [0.5, 0.6) is 5.75 Å². The number of ketones is 1. The van der Waals surface area contributed by atoms with E-state index in [0.29, 0.717) is 18.1 Å². The van der Waals surface area contributed by atoms with Crippen molar-refractivity contribution in [2.75, 3.05) is 17.7 Å². The van der Waals surface area contributed by atoms with Gasteiger partial charge in [-0.25, -0.2) is 4.98 Å². The molecule has 1 aliphatic rings. The summed E-state index contributed by atoms with van der Waals surface area (Å²) in [5.41, 5.74) is 1.55. The monoisotopic (exact) mass is 356 g/mol. The van der Waals surface area contributed by atoms with Gasteiger partial charge in [0.05, 0.1) is 18.4 Å². The molecule has 1 aliphatic carbocycles. The Hall–Kier alpha value is -2.89. The Kier molecular flexibility index (Phi) is 4.40. The van der Waals surface area contributed by atoms with E-state index in [1.165, 1.54) is 6.20 Å². The third-order valence-corrected chi connectivity index (χ3v) is 4.21. The zero-order valence-corrected chi connectivity index (χ0v) is 14.5. The number of hydrogen-bond acceptors (Lipinski definition) is 5. The number of Topliss-reactive ketones (excluding diaryl/α,β-unsaturated/α-hetero) is 1. The number of carbonyl (C=O) groups excluding carboxylic acids is 2. The second-order valence-electron chi connectivity index (χ2n) is 6.18. The van der Waals surface area contributed by atoms with Crippen LogP contribution in [0.15, 0.2) is 36.5 Å². The van der Waals surface area contributed by atoms with Crippen molar-refractivity contribution in [1.82, 2.24) is 4.98 Å². The van der Waals surface area contributed by atoms with Crippen molar-refractivity contribution in [3.05, 3.63) is 47.7 Å². The van der Waals surface area contributed by atoms with Crippen molar-refractivity contribution in [2.24, 2.45) is 5.92 Å². The third-order valence-electron chi connectivity index (χ3n) is 4.21. The SMILES string of the molecule is [2H]C([2H])([2H])CC(=O)c1cnc(NC(=O)C2CC2)cc1NCc1ccc(OC)cc1. The van der Waals surface area contributed by atoms with E-state index in [9.17, 15) is 9.59 Å². The molecule has 0 atom stereocenters. The highest BCUT2D eigenvalue weighted by Gasteiger charge is 2.30. The van der Waals surface area contributed by atoms with Gasteiger partial charge in [0.2, 0.25) is 5.91 Å². The molecule has 6 nitrogen and oxygen atoms in total. The fraction of sp³-hybridized carbons (Fsp3) is 0.350. The summed E-state index contributed by atoms with van der Waals surface area (Å²) in [4.78, 5) is 28.6. The summed E-state index contributed by atoms with van der Waals surface area (Å²) in [5, 5.41) is 5.90. The van der Waals surface area contributed by atoms with Crippen molar-refractivity contribution in [3.8, 4) is 5.75 Å². The first-order valence-electron chi connectivity index (χ1n) is 9.96. The average molecular weight is 356 g/mol. The van der Waals surface area contributed by atoms with E-state index in [1.807, 2.05) is 24.3 Å². The van der Waals surface area contributed by atoms with Gasteiger partial charge in [-0.05, 0) is 30.5 Å². The van der Waals surface area contributed by atoms with E-state index >= 15 is 0 Å².